The molecule has 0 aliphatic carbocycles. The number of hydrogen-bond donors (Lipinski definition) is 1. The number of hydrogen-bond acceptors (Lipinski definition) is 1. The van der Waals surface area contributed by atoms with Gasteiger partial charge in [0.25, 0.3) is 0 Å². The van der Waals surface area contributed by atoms with Crippen LogP contribution in [0.3, 0.4) is 0 Å². The van der Waals surface area contributed by atoms with Crippen LogP contribution in [0.25, 0.3) is 0 Å². The maximum Gasteiger partial charge on any atom is 0.0741 e. The Balaban J connectivity index is 2.48. The lowest BCUT2D eigenvalue weighted by molar-refractivity contribution is 0.105. The summed E-state index contributed by atoms with van der Waals surface area (Å²) in [5.41, 5.74) is 1.26. The quantitative estimate of drug-likeness (QED) is 0.848. The monoisotopic (exact) mass is 225 g/mol. The van der Waals surface area contributed by atoms with E-state index in [-0.39, 0.29) is 0 Å². The van der Waals surface area contributed by atoms with Crippen LogP contribution in [0.15, 0.2) is 60.7 Å². The van der Waals surface area contributed by atoms with Gasteiger partial charge in [0.2, 0.25) is 0 Å². The molecule has 0 saturated heterocycles. The summed E-state index contributed by atoms with van der Waals surface area (Å²) < 4.78 is 0. The second-order valence-electron chi connectivity index (χ2n) is 4.67. The van der Waals surface area contributed by atoms with Gasteiger partial charge in [-0.05, 0) is 25.0 Å². The van der Waals surface area contributed by atoms with Crippen LogP contribution < -0.4 is 0 Å². The molecule has 0 aliphatic heterocycles. The summed E-state index contributed by atoms with van der Waals surface area (Å²) in [6, 6.07) is 20.0. The molecule has 87 valence electrons. The van der Waals surface area contributed by atoms with Crippen molar-refractivity contribution in [1.29, 1.82) is 0 Å². The molecule has 0 bridgehead atoms. The average Bonchev–Trinajstić information content (AvgIpc) is 2.30. The summed E-state index contributed by atoms with van der Waals surface area (Å²) >= 11 is 0. The van der Waals surface area contributed by atoms with Crippen LogP contribution in [-0.2, 0) is 0 Å². The van der Waals surface area contributed by atoms with E-state index in [9.17, 15) is 5.11 Å². The molecular weight excluding hydrogens is 208 g/mol. The van der Waals surface area contributed by atoms with Crippen molar-refractivity contribution in [3.8, 4) is 0 Å². The summed E-state index contributed by atoms with van der Waals surface area (Å²) in [4.78, 5) is 0. The molecule has 0 atom stereocenters. The molecule has 0 spiro atoms. The SMILES string of the molecule is CC(C)(O)[C](c1ccccc1)c1ccccc1. The topological polar surface area (TPSA) is 20.2 Å². The lowest BCUT2D eigenvalue weighted by Crippen LogP contribution is -2.30. The normalized spacial score (nSPS) is 11.8. The van der Waals surface area contributed by atoms with Crippen LogP contribution in [0.4, 0.5) is 0 Å². The van der Waals surface area contributed by atoms with Gasteiger partial charge in [0.05, 0.1) is 11.5 Å². The van der Waals surface area contributed by atoms with E-state index in [0.29, 0.717) is 0 Å². The molecule has 0 saturated carbocycles. The third kappa shape index (κ3) is 2.75. The Morgan fingerprint density at radius 2 is 1.12 bits per heavy atom. The van der Waals surface area contributed by atoms with E-state index in [4.69, 9.17) is 0 Å². The van der Waals surface area contributed by atoms with Crippen LogP contribution in [0.2, 0.25) is 0 Å². The molecule has 2 rings (SSSR count). The van der Waals surface area contributed by atoms with Crippen LogP contribution in [0, 0.1) is 5.92 Å². The standard InChI is InChI=1S/C16H17O/c1-16(2,17)15(13-9-5-3-6-10-13)14-11-7-4-8-12-14/h3-12,17H,1-2H3. The minimum Gasteiger partial charge on any atom is -0.389 e. The fourth-order valence-corrected chi connectivity index (χ4v) is 2.08. The molecule has 1 radical (unpaired) electrons. The van der Waals surface area contributed by atoms with Crippen molar-refractivity contribution < 1.29 is 5.11 Å². The Kier molecular flexibility index (Phi) is 3.30. The van der Waals surface area contributed by atoms with Crippen molar-refractivity contribution in [1.82, 2.24) is 0 Å². The highest BCUT2D eigenvalue weighted by atomic mass is 16.3. The largest absolute Gasteiger partial charge is 0.389 e. The third-order valence-electron chi connectivity index (χ3n) is 2.74. The van der Waals surface area contributed by atoms with Crippen molar-refractivity contribution >= 4 is 0 Å². The number of aliphatic hydroxyl groups is 1. The summed E-state index contributed by atoms with van der Waals surface area (Å²) in [5.74, 6) is 0.957. The Morgan fingerprint density at radius 3 is 1.41 bits per heavy atom. The van der Waals surface area contributed by atoms with Gasteiger partial charge in [-0.3, -0.25) is 0 Å². The molecule has 1 heteroatoms. The minimum absolute atomic E-state index is 0.858. The molecule has 1 N–H and O–H groups in total. The highest BCUT2D eigenvalue weighted by Gasteiger charge is 2.30. The molecule has 0 heterocycles. The van der Waals surface area contributed by atoms with E-state index in [2.05, 4.69) is 0 Å². The highest BCUT2D eigenvalue weighted by Crippen LogP contribution is 2.33. The molecule has 17 heavy (non-hydrogen) atoms. The van der Waals surface area contributed by atoms with Crippen molar-refractivity contribution in [2.45, 2.75) is 19.4 Å². The van der Waals surface area contributed by atoms with Gasteiger partial charge in [-0.15, -0.1) is 0 Å². The molecule has 2 aromatic carbocycles. The van der Waals surface area contributed by atoms with Gasteiger partial charge in [0.15, 0.2) is 0 Å². The first-order valence-electron chi connectivity index (χ1n) is 5.79. The smallest absolute Gasteiger partial charge is 0.0741 e. The van der Waals surface area contributed by atoms with E-state index in [1.54, 1.807) is 0 Å². The lowest BCUT2D eigenvalue weighted by Gasteiger charge is -2.29. The van der Waals surface area contributed by atoms with Gasteiger partial charge < -0.3 is 5.11 Å². The molecule has 0 fully saturated rings. The molecule has 1 nitrogen and oxygen atoms in total. The first-order valence-corrected chi connectivity index (χ1v) is 5.79. The highest BCUT2D eigenvalue weighted by molar-refractivity contribution is 5.49. The van der Waals surface area contributed by atoms with Gasteiger partial charge in [-0.2, -0.15) is 0 Å². The fourth-order valence-electron chi connectivity index (χ4n) is 2.08. The number of benzene rings is 2. The van der Waals surface area contributed by atoms with Gasteiger partial charge in [-0.1, -0.05) is 60.7 Å². The molecule has 0 aromatic heterocycles. The maximum atomic E-state index is 10.3. The molecule has 0 unspecified atom stereocenters. The molecule has 0 amide bonds. The van der Waals surface area contributed by atoms with E-state index in [1.807, 2.05) is 74.5 Å². The third-order valence-corrected chi connectivity index (χ3v) is 2.74. The molecular formula is C16H17O. The van der Waals surface area contributed by atoms with Gasteiger partial charge in [0.1, 0.15) is 0 Å². The van der Waals surface area contributed by atoms with E-state index in [0.717, 1.165) is 17.0 Å². The lowest BCUT2D eigenvalue weighted by atomic mass is 9.79. The Hall–Kier alpha value is -1.60. The van der Waals surface area contributed by atoms with E-state index in [1.165, 1.54) is 0 Å². The first-order chi connectivity index (χ1) is 8.09. The Bertz CT molecular complexity index is 414. The zero-order chi connectivity index (χ0) is 12.3. The molecule has 2 aromatic rings. The van der Waals surface area contributed by atoms with Gasteiger partial charge in [0, 0.05) is 0 Å². The van der Waals surface area contributed by atoms with Crippen molar-refractivity contribution in [3.63, 3.8) is 0 Å². The van der Waals surface area contributed by atoms with Gasteiger partial charge >= 0.3 is 0 Å². The minimum atomic E-state index is -0.858. The summed E-state index contributed by atoms with van der Waals surface area (Å²) in [6.07, 6.45) is 0. The summed E-state index contributed by atoms with van der Waals surface area (Å²) in [6.45, 7) is 3.64. The Morgan fingerprint density at radius 1 is 0.765 bits per heavy atom. The molecule has 0 aliphatic rings. The fraction of sp³-hybridized carbons (Fsp3) is 0.188. The number of rotatable bonds is 3. The zero-order valence-electron chi connectivity index (χ0n) is 10.2. The maximum absolute atomic E-state index is 10.3. The summed E-state index contributed by atoms with van der Waals surface area (Å²) in [5, 5.41) is 10.3. The van der Waals surface area contributed by atoms with Crippen LogP contribution in [0.1, 0.15) is 25.0 Å². The van der Waals surface area contributed by atoms with Crippen molar-refractivity contribution in [2.75, 3.05) is 0 Å². The zero-order valence-corrected chi connectivity index (χ0v) is 10.2. The predicted molar refractivity (Wildman–Crippen MR) is 70.6 cm³/mol. The van der Waals surface area contributed by atoms with E-state index < -0.39 is 5.60 Å². The van der Waals surface area contributed by atoms with Crippen LogP contribution in [-0.4, -0.2) is 10.7 Å². The second-order valence-corrected chi connectivity index (χ2v) is 4.67. The average molecular weight is 225 g/mol. The first kappa shape index (κ1) is 11.9. The van der Waals surface area contributed by atoms with Gasteiger partial charge in [-0.25, -0.2) is 0 Å². The van der Waals surface area contributed by atoms with Crippen molar-refractivity contribution in [2.24, 2.45) is 0 Å². The van der Waals surface area contributed by atoms with E-state index >= 15 is 0 Å². The van der Waals surface area contributed by atoms with Crippen molar-refractivity contribution in [3.05, 3.63) is 77.7 Å². The Labute approximate surface area is 103 Å². The van der Waals surface area contributed by atoms with Crippen LogP contribution in [0.5, 0.6) is 0 Å². The summed E-state index contributed by atoms with van der Waals surface area (Å²) in [7, 11) is 0. The predicted octanol–water partition coefficient (Wildman–Crippen LogP) is 3.43. The van der Waals surface area contributed by atoms with Crippen LogP contribution >= 0.6 is 0 Å². The second kappa shape index (κ2) is 4.72.